The van der Waals surface area contributed by atoms with Gasteiger partial charge in [-0.3, -0.25) is 4.98 Å². The molecule has 0 radical (unpaired) electrons. The number of hydrogen-bond donors (Lipinski definition) is 0. The number of hydrogen-bond acceptors (Lipinski definition) is 3. The molecule has 1 aromatic heterocycles. The zero-order valence-electron chi connectivity index (χ0n) is 16.1. The van der Waals surface area contributed by atoms with E-state index in [1.54, 1.807) is 0 Å². The van der Waals surface area contributed by atoms with Crippen LogP contribution >= 0.6 is 0 Å². The Balaban J connectivity index is 1.78. The van der Waals surface area contributed by atoms with Crippen LogP contribution in [0.4, 0.5) is 0 Å². The van der Waals surface area contributed by atoms with E-state index in [0.29, 0.717) is 0 Å². The summed E-state index contributed by atoms with van der Waals surface area (Å²) in [5.74, 6) is 0. The van der Waals surface area contributed by atoms with Gasteiger partial charge in [0.05, 0.1) is 16.7 Å². The number of rotatable bonds is 1. The summed E-state index contributed by atoms with van der Waals surface area (Å²) in [6, 6.07) is 19.1. The predicted octanol–water partition coefficient (Wildman–Crippen LogP) is 4.84. The first kappa shape index (κ1) is 16.7. The number of pyridine rings is 1. The SMILES string of the molecule is CC1(C)OB(c2ccc3c(c2)c2ccccc2c2ncccc32)OC1(C)C. The molecule has 1 fully saturated rings. The quantitative estimate of drug-likeness (QED) is 0.362. The molecule has 3 nitrogen and oxygen atoms in total. The summed E-state index contributed by atoms with van der Waals surface area (Å²) >= 11 is 0. The molecule has 0 spiro atoms. The van der Waals surface area contributed by atoms with E-state index in [-0.39, 0.29) is 18.3 Å². The van der Waals surface area contributed by atoms with Crippen LogP contribution in [0.3, 0.4) is 0 Å². The molecule has 0 atom stereocenters. The van der Waals surface area contributed by atoms with Crippen LogP contribution in [-0.2, 0) is 9.31 Å². The van der Waals surface area contributed by atoms with Crippen LogP contribution in [-0.4, -0.2) is 23.3 Å². The van der Waals surface area contributed by atoms with Gasteiger partial charge in [-0.1, -0.05) is 48.5 Å². The van der Waals surface area contributed by atoms with E-state index in [2.05, 4.69) is 81.2 Å². The highest BCUT2D eigenvalue weighted by molar-refractivity contribution is 6.62. The van der Waals surface area contributed by atoms with E-state index < -0.39 is 0 Å². The van der Waals surface area contributed by atoms with Crippen LogP contribution in [0.15, 0.2) is 60.8 Å². The molecule has 27 heavy (non-hydrogen) atoms. The second-order valence-corrected chi connectivity index (χ2v) is 8.34. The van der Waals surface area contributed by atoms with Gasteiger partial charge in [-0.25, -0.2) is 0 Å². The standard InChI is InChI=1S/C23H22BNO2/c1-22(2)23(3,4)27-24(26-22)15-11-12-17-19-10-7-13-25-21(19)18-9-6-5-8-16(18)20(17)14-15/h5-14H,1-4H3. The van der Waals surface area contributed by atoms with E-state index in [0.717, 1.165) is 11.0 Å². The van der Waals surface area contributed by atoms with Crippen molar-refractivity contribution >= 4 is 45.0 Å². The lowest BCUT2D eigenvalue weighted by molar-refractivity contribution is 0.00578. The van der Waals surface area contributed by atoms with E-state index in [1.165, 1.54) is 26.9 Å². The fourth-order valence-corrected chi connectivity index (χ4v) is 3.91. The van der Waals surface area contributed by atoms with Gasteiger partial charge in [0.15, 0.2) is 0 Å². The Labute approximate surface area is 159 Å². The van der Waals surface area contributed by atoms with Gasteiger partial charge in [-0.15, -0.1) is 0 Å². The Morgan fingerprint density at radius 3 is 2.00 bits per heavy atom. The van der Waals surface area contributed by atoms with Crippen molar-refractivity contribution in [2.24, 2.45) is 0 Å². The predicted molar refractivity (Wildman–Crippen MR) is 112 cm³/mol. The number of aromatic nitrogens is 1. The summed E-state index contributed by atoms with van der Waals surface area (Å²) in [5, 5.41) is 5.96. The van der Waals surface area contributed by atoms with Crippen LogP contribution in [0.25, 0.3) is 32.4 Å². The maximum atomic E-state index is 6.26. The van der Waals surface area contributed by atoms with Gasteiger partial charge in [0, 0.05) is 17.0 Å². The first-order chi connectivity index (χ1) is 12.9. The third-order valence-corrected chi connectivity index (χ3v) is 6.14. The number of fused-ring (bicyclic) bond motifs is 6. The highest BCUT2D eigenvalue weighted by Gasteiger charge is 2.51. The summed E-state index contributed by atoms with van der Waals surface area (Å²) in [4.78, 5) is 4.65. The third kappa shape index (κ3) is 2.40. The van der Waals surface area contributed by atoms with Crippen molar-refractivity contribution in [3.63, 3.8) is 0 Å². The Bertz CT molecular complexity index is 1150. The van der Waals surface area contributed by atoms with Gasteiger partial charge >= 0.3 is 7.12 Å². The number of benzene rings is 3. The molecule has 0 unspecified atom stereocenters. The Morgan fingerprint density at radius 2 is 1.30 bits per heavy atom. The highest BCUT2D eigenvalue weighted by Crippen LogP contribution is 2.37. The lowest BCUT2D eigenvalue weighted by Crippen LogP contribution is -2.41. The van der Waals surface area contributed by atoms with E-state index in [4.69, 9.17) is 9.31 Å². The van der Waals surface area contributed by atoms with Crippen LogP contribution in [0.2, 0.25) is 0 Å². The molecule has 2 heterocycles. The summed E-state index contributed by atoms with van der Waals surface area (Å²) in [7, 11) is -0.359. The normalized spacial score (nSPS) is 18.6. The van der Waals surface area contributed by atoms with Crippen molar-refractivity contribution in [1.82, 2.24) is 4.98 Å². The molecule has 1 aliphatic heterocycles. The lowest BCUT2D eigenvalue weighted by atomic mass is 9.77. The van der Waals surface area contributed by atoms with E-state index in [9.17, 15) is 0 Å². The maximum Gasteiger partial charge on any atom is 0.494 e. The fourth-order valence-electron chi connectivity index (χ4n) is 3.91. The van der Waals surface area contributed by atoms with Gasteiger partial charge in [-0.05, 0) is 55.4 Å². The summed E-state index contributed by atoms with van der Waals surface area (Å²) < 4.78 is 12.5. The van der Waals surface area contributed by atoms with Crippen LogP contribution in [0.1, 0.15) is 27.7 Å². The van der Waals surface area contributed by atoms with Gasteiger partial charge in [-0.2, -0.15) is 0 Å². The van der Waals surface area contributed by atoms with E-state index in [1.807, 2.05) is 12.3 Å². The molecule has 0 aliphatic carbocycles. The van der Waals surface area contributed by atoms with Gasteiger partial charge in [0.2, 0.25) is 0 Å². The van der Waals surface area contributed by atoms with Crippen molar-refractivity contribution in [3.05, 3.63) is 60.8 Å². The van der Waals surface area contributed by atoms with Gasteiger partial charge in [0.1, 0.15) is 0 Å². The van der Waals surface area contributed by atoms with Crippen LogP contribution in [0, 0.1) is 0 Å². The summed E-state index contributed by atoms with van der Waals surface area (Å²) in [6.45, 7) is 8.34. The smallest absolute Gasteiger partial charge is 0.399 e. The topological polar surface area (TPSA) is 31.4 Å². The minimum Gasteiger partial charge on any atom is -0.399 e. The Hall–Kier alpha value is -2.43. The largest absolute Gasteiger partial charge is 0.494 e. The van der Waals surface area contributed by atoms with Crippen LogP contribution < -0.4 is 5.46 Å². The second-order valence-electron chi connectivity index (χ2n) is 8.34. The molecule has 4 heteroatoms. The van der Waals surface area contributed by atoms with Crippen molar-refractivity contribution in [3.8, 4) is 0 Å². The molecule has 1 saturated heterocycles. The molecule has 0 amide bonds. The molecular formula is C23H22BNO2. The summed E-state index contributed by atoms with van der Waals surface area (Å²) in [5.41, 5.74) is 1.41. The molecule has 0 N–H and O–H groups in total. The third-order valence-electron chi connectivity index (χ3n) is 6.14. The van der Waals surface area contributed by atoms with Crippen molar-refractivity contribution in [2.45, 2.75) is 38.9 Å². The zero-order valence-corrected chi connectivity index (χ0v) is 16.1. The first-order valence-electron chi connectivity index (χ1n) is 9.42. The fraction of sp³-hybridized carbons (Fsp3) is 0.261. The maximum absolute atomic E-state index is 6.26. The van der Waals surface area contributed by atoms with E-state index >= 15 is 0 Å². The average Bonchev–Trinajstić information content (AvgIpc) is 2.89. The minimum atomic E-state index is -0.359. The molecule has 0 bridgehead atoms. The van der Waals surface area contributed by atoms with Crippen molar-refractivity contribution in [2.75, 3.05) is 0 Å². The van der Waals surface area contributed by atoms with Gasteiger partial charge < -0.3 is 9.31 Å². The zero-order chi connectivity index (χ0) is 18.8. The highest BCUT2D eigenvalue weighted by atomic mass is 16.7. The molecule has 5 rings (SSSR count). The molecule has 0 saturated carbocycles. The average molecular weight is 355 g/mol. The second kappa shape index (κ2) is 5.54. The number of nitrogens with zero attached hydrogens (tertiary/aromatic N) is 1. The molecule has 1 aliphatic rings. The molecule has 3 aromatic carbocycles. The van der Waals surface area contributed by atoms with Crippen molar-refractivity contribution in [1.29, 1.82) is 0 Å². The van der Waals surface area contributed by atoms with Crippen molar-refractivity contribution < 1.29 is 9.31 Å². The van der Waals surface area contributed by atoms with Crippen LogP contribution in [0.5, 0.6) is 0 Å². The molecular weight excluding hydrogens is 333 g/mol. The summed E-state index contributed by atoms with van der Waals surface area (Å²) in [6.07, 6.45) is 1.86. The Kier molecular flexibility index (Phi) is 3.43. The Morgan fingerprint density at radius 1 is 0.704 bits per heavy atom. The lowest BCUT2D eigenvalue weighted by Gasteiger charge is -2.32. The molecule has 134 valence electrons. The monoisotopic (exact) mass is 355 g/mol. The molecule has 4 aromatic rings. The minimum absolute atomic E-state index is 0.345. The van der Waals surface area contributed by atoms with Gasteiger partial charge in [0.25, 0.3) is 0 Å². The first-order valence-corrected chi connectivity index (χ1v) is 9.42.